The van der Waals surface area contributed by atoms with E-state index < -0.39 is 0 Å². The van der Waals surface area contributed by atoms with Crippen LogP contribution in [0.4, 0.5) is 0 Å². The molecule has 3 aromatic heterocycles. The maximum Gasteiger partial charge on any atom is 0.265 e. The van der Waals surface area contributed by atoms with E-state index in [0.717, 1.165) is 59.7 Å². The van der Waals surface area contributed by atoms with Crippen molar-refractivity contribution in [3.8, 4) is 17.2 Å². The Morgan fingerprint density at radius 2 is 1.41 bits per heavy atom. The zero-order chi connectivity index (χ0) is 26.8. The topological polar surface area (TPSA) is 74.8 Å². The van der Waals surface area contributed by atoms with Crippen molar-refractivity contribution in [3.05, 3.63) is 95.0 Å². The van der Waals surface area contributed by atoms with Crippen molar-refractivity contribution in [2.45, 2.75) is 52.5 Å². The minimum Gasteiger partial charge on any atom is -0.457 e. The molecule has 0 aliphatic carbocycles. The number of fused-ring (bicyclic) bond motifs is 4. The largest absolute Gasteiger partial charge is 0.457 e. The van der Waals surface area contributed by atoms with Crippen LogP contribution in [-0.2, 0) is 13.0 Å². The number of benzene rings is 3. The van der Waals surface area contributed by atoms with E-state index in [1.807, 2.05) is 94.9 Å². The lowest BCUT2D eigenvalue weighted by molar-refractivity contribution is 0.482. The third-order valence-corrected chi connectivity index (χ3v) is 7.07. The van der Waals surface area contributed by atoms with Crippen LogP contribution in [0, 0.1) is 0 Å². The molecular formula is C32H31N5O2. The van der Waals surface area contributed by atoms with E-state index in [4.69, 9.17) is 19.7 Å². The summed E-state index contributed by atoms with van der Waals surface area (Å²) < 4.78 is 9.80. The second-order valence-corrected chi connectivity index (χ2v) is 9.73. The lowest BCUT2D eigenvalue weighted by atomic mass is 10.2. The minimum absolute atomic E-state index is 0.0503. The van der Waals surface area contributed by atoms with Crippen molar-refractivity contribution in [1.82, 2.24) is 24.1 Å². The van der Waals surface area contributed by atoms with Gasteiger partial charge in [0.1, 0.15) is 28.2 Å². The summed E-state index contributed by atoms with van der Waals surface area (Å²) in [5.41, 5.74) is 4.11. The van der Waals surface area contributed by atoms with E-state index in [2.05, 4.69) is 6.92 Å². The lowest BCUT2D eigenvalue weighted by Crippen LogP contribution is -2.25. The fourth-order valence-electron chi connectivity index (χ4n) is 5.10. The molecule has 0 N–H and O–H groups in total. The molecule has 6 aromatic rings. The minimum atomic E-state index is -0.0503. The predicted molar refractivity (Wildman–Crippen MR) is 156 cm³/mol. The number of aryl methyl sites for hydroxylation is 1. The van der Waals surface area contributed by atoms with Crippen LogP contribution in [0.3, 0.4) is 0 Å². The van der Waals surface area contributed by atoms with Crippen LogP contribution in [0.5, 0.6) is 11.5 Å². The highest BCUT2D eigenvalue weighted by Gasteiger charge is 2.22. The second-order valence-electron chi connectivity index (χ2n) is 9.73. The van der Waals surface area contributed by atoms with Crippen LogP contribution >= 0.6 is 0 Å². The van der Waals surface area contributed by atoms with Gasteiger partial charge >= 0.3 is 0 Å². The SMILES string of the molecule is CCCCCCn1c(CC)nc2c(c1=O)c1nc3ccccc3nc1n2-c1ccc(Oc2ccccc2)cc1. The van der Waals surface area contributed by atoms with Crippen molar-refractivity contribution < 1.29 is 4.74 Å². The number of para-hydroxylation sites is 3. The Morgan fingerprint density at radius 1 is 0.718 bits per heavy atom. The molecule has 3 aromatic carbocycles. The lowest BCUT2D eigenvalue weighted by Gasteiger charge is -2.13. The molecule has 0 radical (unpaired) electrons. The average Bonchev–Trinajstić information content (AvgIpc) is 3.29. The van der Waals surface area contributed by atoms with Crippen molar-refractivity contribution in [1.29, 1.82) is 0 Å². The van der Waals surface area contributed by atoms with Gasteiger partial charge in [-0.25, -0.2) is 15.0 Å². The molecule has 7 nitrogen and oxygen atoms in total. The highest BCUT2D eigenvalue weighted by molar-refractivity contribution is 6.05. The van der Waals surface area contributed by atoms with Crippen LogP contribution in [0.15, 0.2) is 83.7 Å². The number of aromatic nitrogens is 5. The van der Waals surface area contributed by atoms with Crippen LogP contribution in [0.25, 0.3) is 38.9 Å². The number of hydrogen-bond donors (Lipinski definition) is 0. The predicted octanol–water partition coefficient (Wildman–Crippen LogP) is 7.22. The molecule has 0 saturated heterocycles. The van der Waals surface area contributed by atoms with Gasteiger partial charge in [0.05, 0.1) is 11.0 Å². The number of rotatable bonds is 9. The quantitative estimate of drug-likeness (QED) is 0.189. The molecular weight excluding hydrogens is 486 g/mol. The van der Waals surface area contributed by atoms with E-state index in [1.165, 1.54) is 0 Å². The molecule has 3 heterocycles. The van der Waals surface area contributed by atoms with E-state index >= 15 is 0 Å². The Morgan fingerprint density at radius 3 is 2.13 bits per heavy atom. The van der Waals surface area contributed by atoms with Crippen molar-refractivity contribution in [2.24, 2.45) is 0 Å². The third kappa shape index (κ3) is 4.65. The summed E-state index contributed by atoms with van der Waals surface area (Å²) in [5.74, 6) is 2.27. The zero-order valence-electron chi connectivity index (χ0n) is 22.3. The van der Waals surface area contributed by atoms with Crippen LogP contribution in [-0.4, -0.2) is 24.1 Å². The summed E-state index contributed by atoms with van der Waals surface area (Å²) in [6.07, 6.45) is 5.01. The molecule has 0 unspecified atom stereocenters. The van der Waals surface area contributed by atoms with Crippen molar-refractivity contribution in [2.75, 3.05) is 0 Å². The van der Waals surface area contributed by atoms with Crippen LogP contribution in [0.1, 0.15) is 45.4 Å². The Balaban J connectivity index is 1.55. The van der Waals surface area contributed by atoms with Gasteiger partial charge in [-0.3, -0.25) is 13.9 Å². The van der Waals surface area contributed by atoms with E-state index in [-0.39, 0.29) is 5.56 Å². The molecule has 196 valence electrons. The van der Waals surface area contributed by atoms with Gasteiger partial charge in [-0.15, -0.1) is 0 Å². The first-order valence-electron chi connectivity index (χ1n) is 13.7. The first-order valence-corrected chi connectivity index (χ1v) is 13.7. The molecule has 0 saturated carbocycles. The van der Waals surface area contributed by atoms with Crippen molar-refractivity contribution in [3.63, 3.8) is 0 Å². The Hall–Kier alpha value is -4.52. The van der Waals surface area contributed by atoms with Gasteiger partial charge in [0.2, 0.25) is 0 Å². The molecule has 7 heteroatoms. The average molecular weight is 518 g/mol. The third-order valence-electron chi connectivity index (χ3n) is 7.07. The fraction of sp³-hybridized carbons (Fsp3) is 0.250. The summed E-state index contributed by atoms with van der Waals surface area (Å²) >= 11 is 0. The Bertz CT molecular complexity index is 1820. The molecule has 0 bridgehead atoms. The molecule has 0 aliphatic heterocycles. The van der Waals surface area contributed by atoms with Gasteiger partial charge in [0.15, 0.2) is 11.3 Å². The molecule has 0 fully saturated rings. The number of unbranched alkanes of at least 4 members (excludes halogenated alkanes) is 3. The maximum absolute atomic E-state index is 14.0. The number of nitrogens with zero attached hydrogens (tertiary/aromatic N) is 5. The molecule has 6 rings (SSSR count). The standard InChI is InChI=1S/C32H31N5O2/c1-3-5-6-12-21-36-27(4-2)35-30-28(32(36)38)29-31(34-26-16-11-10-15-25(26)33-29)37(30)22-17-19-24(20-18-22)39-23-13-8-7-9-14-23/h7-11,13-20H,3-6,12,21H2,1-2H3. The zero-order valence-corrected chi connectivity index (χ0v) is 22.3. The Kier molecular flexibility index (Phi) is 6.80. The fourth-order valence-corrected chi connectivity index (χ4v) is 5.10. The van der Waals surface area contributed by atoms with Crippen LogP contribution < -0.4 is 10.3 Å². The maximum atomic E-state index is 14.0. The van der Waals surface area contributed by atoms with Gasteiger partial charge in [-0.2, -0.15) is 0 Å². The molecule has 0 spiro atoms. The molecule has 39 heavy (non-hydrogen) atoms. The summed E-state index contributed by atoms with van der Waals surface area (Å²) in [5, 5.41) is 0.514. The monoisotopic (exact) mass is 517 g/mol. The number of hydrogen-bond acceptors (Lipinski definition) is 5. The highest BCUT2D eigenvalue weighted by Crippen LogP contribution is 2.30. The Labute approximate surface area is 226 Å². The summed E-state index contributed by atoms with van der Waals surface area (Å²) in [6, 6.07) is 25.2. The van der Waals surface area contributed by atoms with Gasteiger partial charge in [-0.05, 0) is 55.0 Å². The smallest absolute Gasteiger partial charge is 0.265 e. The van der Waals surface area contributed by atoms with E-state index in [1.54, 1.807) is 0 Å². The molecule has 0 atom stereocenters. The molecule has 0 aliphatic rings. The van der Waals surface area contributed by atoms with E-state index in [0.29, 0.717) is 35.2 Å². The first-order chi connectivity index (χ1) is 19.2. The van der Waals surface area contributed by atoms with Gasteiger partial charge in [-0.1, -0.05) is 63.4 Å². The second kappa shape index (κ2) is 10.7. The normalized spacial score (nSPS) is 11.5. The van der Waals surface area contributed by atoms with Gasteiger partial charge in [0.25, 0.3) is 5.56 Å². The summed E-state index contributed by atoms with van der Waals surface area (Å²) in [6.45, 7) is 4.89. The van der Waals surface area contributed by atoms with Crippen LogP contribution in [0.2, 0.25) is 0 Å². The summed E-state index contributed by atoms with van der Waals surface area (Å²) in [4.78, 5) is 29.0. The van der Waals surface area contributed by atoms with Crippen molar-refractivity contribution >= 4 is 33.2 Å². The highest BCUT2D eigenvalue weighted by atomic mass is 16.5. The molecule has 0 amide bonds. The number of ether oxygens (including phenoxy) is 1. The summed E-state index contributed by atoms with van der Waals surface area (Å²) in [7, 11) is 0. The van der Waals surface area contributed by atoms with E-state index in [9.17, 15) is 4.79 Å². The van der Waals surface area contributed by atoms with Gasteiger partial charge < -0.3 is 4.74 Å². The van der Waals surface area contributed by atoms with Gasteiger partial charge in [0, 0.05) is 18.7 Å². The first kappa shape index (κ1) is 24.8.